The Morgan fingerprint density at radius 1 is 1.15 bits per heavy atom. The monoisotopic (exact) mass is 458 g/mol. The SMILES string of the molecule is CCC(=O)C1C(C(F)(F)F)CCCN1C1CCC(c2ccnc3cnc4[nH]ccc4c23)CC1. The number of nitrogens with one attached hydrogen (secondary N) is 1. The zero-order chi connectivity index (χ0) is 23.2. The highest BCUT2D eigenvalue weighted by Gasteiger charge is 2.51. The number of hydrogen-bond acceptors (Lipinski definition) is 4. The van der Waals surface area contributed by atoms with Crippen LogP contribution in [-0.2, 0) is 4.79 Å². The van der Waals surface area contributed by atoms with Gasteiger partial charge in [-0.15, -0.1) is 0 Å². The molecule has 5 rings (SSSR count). The van der Waals surface area contributed by atoms with Crippen LogP contribution in [0.3, 0.4) is 0 Å². The van der Waals surface area contributed by atoms with Crippen molar-refractivity contribution in [3.63, 3.8) is 0 Å². The molecule has 176 valence electrons. The largest absolute Gasteiger partial charge is 0.393 e. The summed E-state index contributed by atoms with van der Waals surface area (Å²) in [6.45, 7) is 2.25. The standard InChI is InChI=1S/C25H29F3N4O/c1-2-21(33)23-19(25(26,27)28)4-3-13-32(23)16-7-5-15(6-8-16)17-9-11-29-20-14-31-24-18(22(17)20)10-12-30-24/h9-12,14-16,19,23H,2-8,13H2,1H3,(H,30,31). The number of halogens is 3. The summed E-state index contributed by atoms with van der Waals surface area (Å²) in [5.41, 5.74) is 2.93. The molecule has 2 atom stereocenters. The minimum absolute atomic E-state index is 0.0222. The Bertz CT molecular complexity index is 1150. The number of ketones is 1. The predicted molar refractivity (Wildman–Crippen MR) is 121 cm³/mol. The lowest BCUT2D eigenvalue weighted by molar-refractivity contribution is -0.205. The van der Waals surface area contributed by atoms with Gasteiger partial charge in [0.15, 0.2) is 0 Å². The van der Waals surface area contributed by atoms with E-state index in [1.165, 1.54) is 5.56 Å². The number of fused-ring (bicyclic) bond motifs is 3. The summed E-state index contributed by atoms with van der Waals surface area (Å²) < 4.78 is 41.3. The van der Waals surface area contributed by atoms with Crippen molar-refractivity contribution in [1.82, 2.24) is 19.9 Å². The summed E-state index contributed by atoms with van der Waals surface area (Å²) in [5, 5.41) is 2.16. The van der Waals surface area contributed by atoms with Gasteiger partial charge < -0.3 is 4.98 Å². The fourth-order valence-corrected chi connectivity index (χ4v) is 6.13. The summed E-state index contributed by atoms with van der Waals surface area (Å²) >= 11 is 0. The first-order chi connectivity index (χ1) is 15.9. The molecule has 33 heavy (non-hydrogen) atoms. The third kappa shape index (κ3) is 4.03. The summed E-state index contributed by atoms with van der Waals surface area (Å²) in [6, 6.07) is 3.09. The Hall–Kier alpha value is -2.48. The number of piperidine rings is 1. The molecule has 3 aromatic heterocycles. The predicted octanol–water partition coefficient (Wildman–Crippen LogP) is 5.76. The Morgan fingerprint density at radius 3 is 2.67 bits per heavy atom. The number of pyridine rings is 2. The molecule has 1 N–H and O–H groups in total. The van der Waals surface area contributed by atoms with Gasteiger partial charge in [-0.1, -0.05) is 6.92 Å². The highest BCUT2D eigenvalue weighted by atomic mass is 19.4. The van der Waals surface area contributed by atoms with Crippen molar-refractivity contribution in [3.8, 4) is 0 Å². The van der Waals surface area contributed by atoms with E-state index >= 15 is 0 Å². The summed E-state index contributed by atoms with van der Waals surface area (Å²) in [5.74, 6) is -1.51. The molecule has 1 saturated carbocycles. The number of alkyl halides is 3. The Kier molecular flexibility index (Phi) is 5.89. The van der Waals surface area contributed by atoms with Gasteiger partial charge in [-0.25, -0.2) is 4.98 Å². The molecule has 8 heteroatoms. The zero-order valence-corrected chi connectivity index (χ0v) is 18.7. The highest BCUT2D eigenvalue weighted by Crippen LogP contribution is 2.43. The van der Waals surface area contributed by atoms with Crippen molar-refractivity contribution < 1.29 is 18.0 Å². The molecule has 0 spiro atoms. The van der Waals surface area contributed by atoms with Gasteiger partial charge in [-0.3, -0.25) is 14.7 Å². The van der Waals surface area contributed by atoms with Crippen molar-refractivity contribution in [1.29, 1.82) is 0 Å². The van der Waals surface area contributed by atoms with Crippen LogP contribution in [0.5, 0.6) is 0 Å². The van der Waals surface area contributed by atoms with E-state index in [2.05, 4.69) is 21.0 Å². The van der Waals surface area contributed by atoms with Crippen LogP contribution in [0.1, 0.15) is 63.4 Å². The summed E-state index contributed by atoms with van der Waals surface area (Å²) in [4.78, 5) is 26.7. The number of aromatic nitrogens is 3. The van der Waals surface area contributed by atoms with Crippen LogP contribution in [0, 0.1) is 5.92 Å². The van der Waals surface area contributed by atoms with Crippen LogP contribution in [0.15, 0.2) is 30.7 Å². The first-order valence-electron chi connectivity index (χ1n) is 11.9. The van der Waals surface area contributed by atoms with Gasteiger partial charge in [-0.2, -0.15) is 13.2 Å². The average Bonchev–Trinajstić information content (AvgIpc) is 3.31. The van der Waals surface area contributed by atoms with Gasteiger partial charge in [0.1, 0.15) is 11.4 Å². The van der Waals surface area contributed by atoms with E-state index in [9.17, 15) is 18.0 Å². The van der Waals surface area contributed by atoms with Gasteiger partial charge in [-0.05, 0) is 68.7 Å². The maximum absolute atomic E-state index is 13.8. The topological polar surface area (TPSA) is 61.9 Å². The van der Waals surface area contributed by atoms with E-state index in [4.69, 9.17) is 0 Å². The molecule has 1 saturated heterocycles. The molecule has 2 unspecified atom stereocenters. The number of carbonyl (C=O) groups excluding carboxylic acids is 1. The first-order valence-corrected chi connectivity index (χ1v) is 11.9. The molecular formula is C25H29F3N4O. The van der Waals surface area contributed by atoms with Gasteiger partial charge in [0.2, 0.25) is 0 Å². The van der Waals surface area contributed by atoms with E-state index in [-0.39, 0.29) is 24.7 Å². The Balaban J connectivity index is 1.39. The molecule has 0 radical (unpaired) electrons. The van der Waals surface area contributed by atoms with Gasteiger partial charge >= 0.3 is 6.18 Å². The third-order valence-electron chi connectivity index (χ3n) is 7.70. The lowest BCUT2D eigenvalue weighted by atomic mass is 9.77. The average molecular weight is 459 g/mol. The van der Waals surface area contributed by atoms with E-state index in [1.807, 2.05) is 23.4 Å². The Labute approximate surface area is 190 Å². The molecule has 2 aliphatic rings. The maximum Gasteiger partial charge on any atom is 0.393 e. The van der Waals surface area contributed by atoms with Crippen molar-refractivity contribution in [2.24, 2.45) is 5.92 Å². The van der Waals surface area contributed by atoms with E-state index in [0.29, 0.717) is 18.9 Å². The molecule has 0 aromatic carbocycles. The van der Waals surface area contributed by atoms with E-state index in [1.54, 1.807) is 13.1 Å². The number of carbonyl (C=O) groups is 1. The van der Waals surface area contributed by atoms with Gasteiger partial charge in [0.25, 0.3) is 0 Å². The molecule has 5 nitrogen and oxygen atoms in total. The van der Waals surface area contributed by atoms with Crippen LogP contribution in [0.4, 0.5) is 13.2 Å². The van der Waals surface area contributed by atoms with Crippen LogP contribution in [0.25, 0.3) is 21.9 Å². The van der Waals surface area contributed by atoms with Crippen molar-refractivity contribution in [3.05, 3.63) is 36.3 Å². The molecule has 1 aliphatic carbocycles. The van der Waals surface area contributed by atoms with Crippen LogP contribution in [0.2, 0.25) is 0 Å². The molecule has 3 aromatic rings. The van der Waals surface area contributed by atoms with E-state index < -0.39 is 18.1 Å². The number of rotatable bonds is 4. The maximum atomic E-state index is 13.8. The molecule has 4 heterocycles. The number of aromatic amines is 1. The fourth-order valence-electron chi connectivity index (χ4n) is 6.13. The van der Waals surface area contributed by atoms with Crippen LogP contribution >= 0.6 is 0 Å². The van der Waals surface area contributed by atoms with Crippen molar-refractivity contribution >= 4 is 27.7 Å². The van der Waals surface area contributed by atoms with Crippen LogP contribution < -0.4 is 0 Å². The van der Waals surface area contributed by atoms with Gasteiger partial charge in [0.05, 0.1) is 23.7 Å². The quantitative estimate of drug-likeness (QED) is 0.540. The highest BCUT2D eigenvalue weighted by molar-refractivity contribution is 6.05. The lowest BCUT2D eigenvalue weighted by Gasteiger charge is -2.47. The smallest absolute Gasteiger partial charge is 0.346 e. The molecule has 1 aliphatic heterocycles. The minimum atomic E-state index is -4.34. The number of H-pyrrole nitrogens is 1. The minimum Gasteiger partial charge on any atom is -0.346 e. The third-order valence-corrected chi connectivity index (χ3v) is 7.70. The fraction of sp³-hybridized carbons (Fsp3) is 0.560. The van der Waals surface area contributed by atoms with E-state index in [0.717, 1.165) is 47.6 Å². The number of hydrogen-bond donors (Lipinski definition) is 1. The first kappa shape index (κ1) is 22.3. The second-order valence-electron chi connectivity index (χ2n) is 9.46. The number of Topliss-reactive ketones (excluding diaryl/α,β-unsaturated/α-hetero) is 1. The molecule has 0 bridgehead atoms. The second-order valence-corrected chi connectivity index (χ2v) is 9.46. The van der Waals surface area contributed by atoms with Crippen molar-refractivity contribution in [2.75, 3.05) is 6.54 Å². The zero-order valence-electron chi connectivity index (χ0n) is 18.7. The lowest BCUT2D eigenvalue weighted by Crippen LogP contribution is -2.58. The summed E-state index contributed by atoms with van der Waals surface area (Å²) in [6.07, 6.45) is 5.21. The van der Waals surface area contributed by atoms with Gasteiger partial charge in [0, 0.05) is 35.6 Å². The number of nitrogens with zero attached hydrogens (tertiary/aromatic N) is 3. The molecule has 0 amide bonds. The summed E-state index contributed by atoms with van der Waals surface area (Å²) in [7, 11) is 0. The normalized spacial score (nSPS) is 27.3. The molecule has 2 fully saturated rings. The Morgan fingerprint density at radius 2 is 1.94 bits per heavy atom. The van der Waals surface area contributed by atoms with Crippen LogP contribution in [-0.4, -0.2) is 50.4 Å². The van der Waals surface area contributed by atoms with Crippen molar-refractivity contribution in [2.45, 2.75) is 76.0 Å². The number of likely N-dealkylation sites (tertiary alicyclic amines) is 1. The molecular weight excluding hydrogens is 429 g/mol. The second kappa shape index (κ2) is 8.70.